The minimum absolute atomic E-state index is 0.190. The van der Waals surface area contributed by atoms with Crippen LogP contribution in [-0.4, -0.2) is 16.7 Å². The predicted octanol–water partition coefficient (Wildman–Crippen LogP) is 3.58. The Hall–Kier alpha value is -1.95. The van der Waals surface area contributed by atoms with Crippen LogP contribution >= 0.6 is 0 Å². The van der Waals surface area contributed by atoms with Crippen molar-refractivity contribution in [3.05, 3.63) is 29.8 Å². The molecule has 0 aliphatic carbocycles. The van der Waals surface area contributed by atoms with E-state index in [1.54, 1.807) is 0 Å². The maximum absolute atomic E-state index is 13.3. The van der Waals surface area contributed by atoms with Crippen LogP contribution in [0, 0.1) is 11.2 Å². The lowest BCUT2D eigenvalue weighted by Crippen LogP contribution is -2.22. The van der Waals surface area contributed by atoms with E-state index < -0.39 is 5.82 Å². The molecule has 6 heteroatoms. The molecule has 5 nitrogen and oxygen atoms in total. The maximum atomic E-state index is 13.3. The summed E-state index contributed by atoms with van der Waals surface area (Å²) < 4.78 is 24.3. The predicted molar refractivity (Wildman–Crippen MR) is 77.9 cm³/mol. The fraction of sp³-hybridized carbons (Fsp3) is 0.467. The third-order valence-electron chi connectivity index (χ3n) is 3.04. The Kier molecular flexibility index (Phi) is 4.27. The van der Waals surface area contributed by atoms with Crippen LogP contribution < -0.4 is 5.73 Å². The molecule has 0 saturated carbocycles. The molecule has 0 bridgehead atoms. The van der Waals surface area contributed by atoms with Gasteiger partial charge in [-0.3, -0.25) is 0 Å². The molecule has 2 N–H and O–H groups in total. The van der Waals surface area contributed by atoms with E-state index >= 15 is 0 Å². The van der Waals surface area contributed by atoms with Crippen molar-refractivity contribution in [2.75, 3.05) is 12.3 Å². The molecule has 1 unspecified atom stereocenters. The topological polar surface area (TPSA) is 74.2 Å². The summed E-state index contributed by atoms with van der Waals surface area (Å²) in [5, 5.41) is 3.96. The molecule has 1 aromatic carbocycles. The Morgan fingerprint density at radius 2 is 2.10 bits per heavy atom. The lowest BCUT2D eigenvalue weighted by atomic mass is 9.88. The molecule has 1 atom stereocenters. The van der Waals surface area contributed by atoms with Crippen molar-refractivity contribution in [1.29, 1.82) is 0 Å². The van der Waals surface area contributed by atoms with Crippen LogP contribution in [0.3, 0.4) is 0 Å². The molecule has 1 heterocycles. The van der Waals surface area contributed by atoms with Crippen LogP contribution in [-0.2, 0) is 4.74 Å². The molecule has 0 spiro atoms. The van der Waals surface area contributed by atoms with E-state index in [1.165, 1.54) is 18.2 Å². The molecule has 0 fully saturated rings. The average Bonchev–Trinajstić information content (AvgIpc) is 2.86. The second kappa shape index (κ2) is 5.81. The minimum atomic E-state index is -0.406. The summed E-state index contributed by atoms with van der Waals surface area (Å²) in [5.74, 6) is 0.218. The molecule has 0 radical (unpaired) electrons. The van der Waals surface area contributed by atoms with Gasteiger partial charge in [0.15, 0.2) is 0 Å². The number of anilines is 1. The molecule has 2 aromatic rings. The van der Waals surface area contributed by atoms with E-state index in [1.807, 2.05) is 27.7 Å². The number of hydrogen-bond donors (Lipinski definition) is 1. The van der Waals surface area contributed by atoms with Crippen molar-refractivity contribution in [2.24, 2.45) is 5.41 Å². The summed E-state index contributed by atoms with van der Waals surface area (Å²) in [6.07, 6.45) is -0.310. The fourth-order valence-corrected chi connectivity index (χ4v) is 2.04. The van der Waals surface area contributed by atoms with Gasteiger partial charge in [0.2, 0.25) is 5.82 Å². The van der Waals surface area contributed by atoms with Gasteiger partial charge in [-0.05, 0) is 30.5 Å². The number of rotatable bonds is 4. The van der Waals surface area contributed by atoms with Crippen LogP contribution in [0.1, 0.15) is 39.6 Å². The highest BCUT2D eigenvalue weighted by Crippen LogP contribution is 2.36. The first kappa shape index (κ1) is 15.4. The summed E-state index contributed by atoms with van der Waals surface area (Å²) >= 11 is 0. The average molecular weight is 293 g/mol. The SMILES string of the molecule is CCOC(c1noc(-c2cc(F)ccc2N)n1)C(C)(C)C. The van der Waals surface area contributed by atoms with Crippen molar-refractivity contribution < 1.29 is 13.7 Å². The Balaban J connectivity index is 2.38. The third kappa shape index (κ3) is 3.39. The Bertz CT molecular complexity index is 620. The molecule has 0 aliphatic rings. The summed E-state index contributed by atoms with van der Waals surface area (Å²) in [7, 11) is 0. The van der Waals surface area contributed by atoms with E-state index in [-0.39, 0.29) is 17.4 Å². The largest absolute Gasteiger partial charge is 0.398 e. The van der Waals surface area contributed by atoms with Crippen LogP contribution in [0.2, 0.25) is 0 Å². The van der Waals surface area contributed by atoms with Gasteiger partial charge in [-0.15, -0.1) is 0 Å². The van der Waals surface area contributed by atoms with E-state index in [9.17, 15) is 4.39 Å². The van der Waals surface area contributed by atoms with E-state index in [0.29, 0.717) is 23.7 Å². The molecular weight excluding hydrogens is 273 g/mol. The highest BCUT2D eigenvalue weighted by atomic mass is 19.1. The van der Waals surface area contributed by atoms with E-state index in [2.05, 4.69) is 10.1 Å². The zero-order valence-corrected chi connectivity index (χ0v) is 12.7. The monoisotopic (exact) mass is 293 g/mol. The second-order valence-corrected chi connectivity index (χ2v) is 5.89. The van der Waals surface area contributed by atoms with E-state index in [4.69, 9.17) is 15.0 Å². The van der Waals surface area contributed by atoms with Crippen molar-refractivity contribution in [3.8, 4) is 11.5 Å². The molecule has 21 heavy (non-hydrogen) atoms. The maximum Gasteiger partial charge on any atom is 0.260 e. The molecular formula is C15H20FN3O2. The van der Waals surface area contributed by atoms with Crippen LogP contribution in [0.4, 0.5) is 10.1 Å². The number of nitrogens with two attached hydrogens (primary N) is 1. The smallest absolute Gasteiger partial charge is 0.260 e. The van der Waals surface area contributed by atoms with Gasteiger partial charge in [-0.2, -0.15) is 4.98 Å². The number of ether oxygens (including phenoxy) is 1. The number of halogens is 1. The van der Waals surface area contributed by atoms with Gasteiger partial charge in [0, 0.05) is 12.3 Å². The highest BCUT2D eigenvalue weighted by Gasteiger charge is 2.31. The number of benzene rings is 1. The van der Waals surface area contributed by atoms with Crippen molar-refractivity contribution >= 4 is 5.69 Å². The zero-order chi connectivity index (χ0) is 15.6. The van der Waals surface area contributed by atoms with Gasteiger partial charge >= 0.3 is 0 Å². The summed E-state index contributed by atoms with van der Waals surface area (Å²) in [4.78, 5) is 4.32. The Labute approximate surface area is 123 Å². The molecule has 1 aromatic heterocycles. The van der Waals surface area contributed by atoms with Gasteiger partial charge in [0.1, 0.15) is 11.9 Å². The van der Waals surface area contributed by atoms with Gasteiger partial charge < -0.3 is 15.0 Å². The van der Waals surface area contributed by atoms with Crippen molar-refractivity contribution in [3.63, 3.8) is 0 Å². The number of aromatic nitrogens is 2. The normalized spacial score (nSPS) is 13.4. The number of hydrogen-bond acceptors (Lipinski definition) is 5. The third-order valence-corrected chi connectivity index (χ3v) is 3.04. The summed E-state index contributed by atoms with van der Waals surface area (Å²) in [6, 6.07) is 4.03. The quantitative estimate of drug-likeness (QED) is 0.872. The van der Waals surface area contributed by atoms with Gasteiger partial charge in [-0.1, -0.05) is 25.9 Å². The van der Waals surface area contributed by atoms with Crippen LogP contribution in [0.15, 0.2) is 22.7 Å². The van der Waals surface area contributed by atoms with Gasteiger partial charge in [0.25, 0.3) is 5.89 Å². The van der Waals surface area contributed by atoms with E-state index in [0.717, 1.165) is 0 Å². The van der Waals surface area contributed by atoms with Crippen LogP contribution in [0.25, 0.3) is 11.5 Å². The molecule has 114 valence electrons. The Morgan fingerprint density at radius 1 is 1.38 bits per heavy atom. The molecule has 0 aliphatic heterocycles. The minimum Gasteiger partial charge on any atom is -0.398 e. The zero-order valence-electron chi connectivity index (χ0n) is 12.7. The lowest BCUT2D eigenvalue weighted by Gasteiger charge is -2.27. The summed E-state index contributed by atoms with van der Waals surface area (Å²) in [5.41, 5.74) is 6.41. The standard InChI is InChI=1S/C15H20FN3O2/c1-5-20-12(15(2,3)4)13-18-14(21-19-13)10-8-9(16)6-7-11(10)17/h6-8,12H,5,17H2,1-4H3. The van der Waals surface area contributed by atoms with Crippen molar-refractivity contribution in [2.45, 2.75) is 33.8 Å². The van der Waals surface area contributed by atoms with Crippen molar-refractivity contribution in [1.82, 2.24) is 10.1 Å². The lowest BCUT2D eigenvalue weighted by molar-refractivity contribution is -0.0203. The Morgan fingerprint density at radius 3 is 2.71 bits per heavy atom. The molecule has 2 rings (SSSR count). The van der Waals surface area contributed by atoms with Gasteiger partial charge in [0.05, 0.1) is 5.56 Å². The first-order chi connectivity index (χ1) is 9.82. The molecule has 0 amide bonds. The highest BCUT2D eigenvalue weighted by molar-refractivity contribution is 5.70. The number of nitrogen functional groups attached to an aromatic ring is 1. The van der Waals surface area contributed by atoms with Gasteiger partial charge in [-0.25, -0.2) is 4.39 Å². The first-order valence-corrected chi connectivity index (χ1v) is 6.83. The van der Waals surface area contributed by atoms with Crippen LogP contribution in [0.5, 0.6) is 0 Å². The summed E-state index contributed by atoms with van der Waals surface area (Å²) in [6.45, 7) is 8.53. The molecule has 0 saturated heterocycles. The fourth-order valence-electron chi connectivity index (χ4n) is 2.04. The number of nitrogens with zero attached hydrogens (tertiary/aromatic N) is 2. The first-order valence-electron chi connectivity index (χ1n) is 6.83. The second-order valence-electron chi connectivity index (χ2n) is 5.89.